The molecule has 0 saturated carbocycles. The number of esters is 2. The molecule has 38 heteroatoms. The van der Waals surface area contributed by atoms with E-state index in [2.05, 4.69) is 16.1 Å². The number of alkyl halides is 34. The number of carbonyl (C=O) groups excluding carboxylic acids is 2. The zero-order chi connectivity index (χ0) is 52.6. The van der Waals surface area contributed by atoms with Crippen molar-refractivity contribution in [3.63, 3.8) is 0 Å². The van der Waals surface area contributed by atoms with Gasteiger partial charge in [0.1, 0.15) is 6.10 Å². The van der Waals surface area contributed by atoms with Crippen LogP contribution in [-0.2, 0) is 19.1 Å². The summed E-state index contributed by atoms with van der Waals surface area (Å²) in [6.07, 6.45) is -36.0. The summed E-state index contributed by atoms with van der Waals surface area (Å²) in [7, 11) is 0. The van der Waals surface area contributed by atoms with Crippen LogP contribution in [0.2, 0.25) is 0 Å². The summed E-state index contributed by atoms with van der Waals surface area (Å²) in [6.45, 7) is 1.95. The van der Waals surface area contributed by atoms with Crippen molar-refractivity contribution in [1.82, 2.24) is 0 Å². The Morgan fingerprint density at radius 2 is 0.719 bits per heavy atom. The predicted molar refractivity (Wildman–Crippen MR) is 131 cm³/mol. The number of halogens is 34. The number of hydrogen-bond donors (Lipinski definition) is 0. The van der Waals surface area contributed by atoms with Gasteiger partial charge < -0.3 is 9.47 Å². The first-order valence-corrected chi connectivity index (χ1v) is 14.5. The average molecular weight is 1030 g/mol. The maximum absolute atomic E-state index is 14.7. The van der Waals surface area contributed by atoms with Crippen molar-refractivity contribution in [1.29, 1.82) is 0 Å². The Balaban J connectivity index is 7.33. The van der Waals surface area contributed by atoms with Gasteiger partial charge in [-0.2, -0.15) is 149 Å². The van der Waals surface area contributed by atoms with Crippen LogP contribution in [0.5, 0.6) is 0 Å². The van der Waals surface area contributed by atoms with E-state index in [1.165, 1.54) is 0 Å². The van der Waals surface area contributed by atoms with Gasteiger partial charge in [0.25, 0.3) is 0 Å². The van der Waals surface area contributed by atoms with Gasteiger partial charge in [-0.25, -0.2) is 9.59 Å². The molecule has 0 rings (SSSR count). The zero-order valence-corrected chi connectivity index (χ0v) is 28.8. The lowest BCUT2D eigenvalue weighted by molar-refractivity contribution is -0.477. The van der Waals surface area contributed by atoms with E-state index < -0.39 is 145 Å². The molecule has 0 heterocycles. The van der Waals surface area contributed by atoms with E-state index in [1.54, 1.807) is 0 Å². The fourth-order valence-corrected chi connectivity index (χ4v) is 3.87. The minimum Gasteiger partial charge on any atom is -0.459 e. The fraction of sp³-hybridized carbons (Fsp3) is 0.769. The number of rotatable bonds is 19. The third kappa shape index (κ3) is 8.73. The molecule has 0 aromatic rings. The largest absolute Gasteiger partial charge is 0.467 e. The molecule has 0 saturated heterocycles. The van der Waals surface area contributed by atoms with Gasteiger partial charge in [0.15, 0.2) is 0 Å². The van der Waals surface area contributed by atoms with E-state index in [-0.39, 0.29) is 6.08 Å². The monoisotopic (exact) mass is 1030 g/mol. The van der Waals surface area contributed by atoms with Crippen molar-refractivity contribution in [3.05, 3.63) is 24.3 Å². The SMILES string of the molecule is C=CC(=O)OC(CC=C(C)C(=O)OC(F)(C(F)(F)F)C(F)(F)C(F)(F)C(F)(F)C(F)(F)C(F)(F)C(F)(F)F)CC(F)(F)C(F)(F)C(F)(F)C(F)(F)C(F)(F)C(F)(F)C(F)(F)C(F)(F)F. The molecule has 0 aromatic carbocycles. The molecule has 0 aliphatic carbocycles. The van der Waals surface area contributed by atoms with Gasteiger partial charge in [-0.3, -0.25) is 0 Å². The zero-order valence-electron chi connectivity index (χ0n) is 28.8. The summed E-state index contributed by atoms with van der Waals surface area (Å²) < 4.78 is 465. The second-order valence-electron chi connectivity index (χ2n) is 12.1. The van der Waals surface area contributed by atoms with Gasteiger partial charge in [-0.15, -0.1) is 0 Å². The van der Waals surface area contributed by atoms with Gasteiger partial charge in [-0.05, 0) is 6.92 Å². The topological polar surface area (TPSA) is 52.6 Å². The van der Waals surface area contributed by atoms with Crippen LogP contribution in [0.1, 0.15) is 19.8 Å². The maximum Gasteiger partial charge on any atom is 0.467 e. The van der Waals surface area contributed by atoms with Crippen LogP contribution in [0.25, 0.3) is 0 Å². The van der Waals surface area contributed by atoms with Gasteiger partial charge >= 0.3 is 107 Å². The lowest BCUT2D eigenvalue weighted by atomic mass is 9.87. The normalized spacial score (nSPS) is 17.5. The Morgan fingerprint density at radius 3 is 1.00 bits per heavy atom. The highest BCUT2D eigenvalue weighted by Crippen LogP contribution is 2.66. The molecule has 0 spiro atoms. The van der Waals surface area contributed by atoms with Crippen LogP contribution >= 0.6 is 0 Å². The van der Waals surface area contributed by atoms with E-state index in [0.717, 1.165) is 0 Å². The van der Waals surface area contributed by atoms with E-state index in [1.807, 2.05) is 0 Å². The van der Waals surface area contributed by atoms with Crippen LogP contribution in [0.3, 0.4) is 0 Å². The standard InChI is InChI=1S/C26H12F34O4/c1-3-9(61)63-8(6-11(27,28)12(29,30)13(31,32)14(33,34)15(35,36)18(41,42)21(47,48)24(52,53)54)5-4-7(2)10(62)64-23(51,26(58,59)60)20(45,46)17(39,40)16(37,38)19(43,44)22(49,50)25(55,56)57/h3-4,8H,1,5-6H2,2H3. The first kappa shape index (κ1) is 60.0. The summed E-state index contributed by atoms with van der Waals surface area (Å²) in [5, 5.41) is 0. The molecule has 0 bridgehead atoms. The minimum absolute atomic E-state index is 0.354. The van der Waals surface area contributed by atoms with Gasteiger partial charge in [0.2, 0.25) is 0 Å². The van der Waals surface area contributed by atoms with E-state index in [9.17, 15) is 159 Å². The summed E-state index contributed by atoms with van der Waals surface area (Å²) in [4.78, 5) is 23.4. The molecule has 2 atom stereocenters. The molecule has 0 fully saturated rings. The quantitative estimate of drug-likeness (QED) is 0.0735. The summed E-state index contributed by atoms with van der Waals surface area (Å²) in [5.41, 5.74) is -2.45. The fourth-order valence-electron chi connectivity index (χ4n) is 3.87. The molecule has 64 heavy (non-hydrogen) atoms. The first-order valence-electron chi connectivity index (χ1n) is 14.5. The Hall–Kier alpha value is -3.96. The Bertz CT molecular complexity index is 1750. The van der Waals surface area contributed by atoms with Gasteiger partial charge in [-0.1, -0.05) is 12.7 Å². The van der Waals surface area contributed by atoms with Gasteiger partial charge in [0, 0.05) is 18.1 Å². The molecule has 4 nitrogen and oxygen atoms in total. The van der Waals surface area contributed by atoms with E-state index in [0.29, 0.717) is 0 Å². The smallest absolute Gasteiger partial charge is 0.459 e. The van der Waals surface area contributed by atoms with Crippen LogP contribution < -0.4 is 0 Å². The lowest BCUT2D eigenvalue weighted by Gasteiger charge is -2.43. The highest BCUT2D eigenvalue weighted by Gasteiger charge is 2.97. The van der Waals surface area contributed by atoms with Crippen molar-refractivity contribution in [2.45, 2.75) is 121 Å². The van der Waals surface area contributed by atoms with Crippen molar-refractivity contribution in [3.8, 4) is 0 Å². The molecular formula is C26H12F34O4. The van der Waals surface area contributed by atoms with Crippen molar-refractivity contribution < 1.29 is 168 Å². The van der Waals surface area contributed by atoms with Crippen molar-refractivity contribution >= 4 is 11.9 Å². The van der Waals surface area contributed by atoms with Crippen LogP contribution in [0, 0.1) is 0 Å². The minimum atomic E-state index is -9.25. The molecule has 0 aliphatic rings. The number of carbonyl (C=O) groups is 2. The summed E-state index contributed by atoms with van der Waals surface area (Å²) >= 11 is 0. The number of ether oxygens (including phenoxy) is 2. The van der Waals surface area contributed by atoms with E-state index in [4.69, 9.17) is 0 Å². The predicted octanol–water partition coefficient (Wildman–Crippen LogP) is 12.3. The number of hydrogen-bond acceptors (Lipinski definition) is 4. The third-order valence-corrected chi connectivity index (χ3v) is 7.66. The first-order chi connectivity index (χ1) is 27.3. The average Bonchev–Trinajstić information content (AvgIpc) is 3.07. The Morgan fingerprint density at radius 1 is 0.438 bits per heavy atom. The summed E-state index contributed by atoms with van der Waals surface area (Å²) in [5.74, 6) is -121. The molecule has 2 unspecified atom stereocenters. The highest BCUT2D eigenvalue weighted by molar-refractivity contribution is 5.88. The maximum atomic E-state index is 14.7. The van der Waals surface area contributed by atoms with Gasteiger partial charge in [0.05, 0.1) is 6.42 Å². The lowest BCUT2D eigenvalue weighted by Crippen LogP contribution is -2.75. The van der Waals surface area contributed by atoms with E-state index >= 15 is 0 Å². The highest BCUT2D eigenvalue weighted by atomic mass is 19.5. The van der Waals surface area contributed by atoms with Crippen LogP contribution in [-0.4, -0.2) is 113 Å². The van der Waals surface area contributed by atoms with Crippen LogP contribution in [0.15, 0.2) is 24.3 Å². The Kier molecular flexibility index (Phi) is 15.4. The molecule has 0 N–H and O–H groups in total. The van der Waals surface area contributed by atoms with Crippen molar-refractivity contribution in [2.75, 3.05) is 0 Å². The van der Waals surface area contributed by atoms with Crippen LogP contribution in [0.4, 0.5) is 149 Å². The molecule has 0 amide bonds. The molecule has 0 aliphatic heterocycles. The van der Waals surface area contributed by atoms with Crippen molar-refractivity contribution in [2.24, 2.45) is 0 Å². The third-order valence-electron chi connectivity index (χ3n) is 7.66. The summed E-state index contributed by atoms with van der Waals surface area (Å²) in [6, 6.07) is 0. The second kappa shape index (κ2) is 16.4. The molecule has 0 aromatic heterocycles. The second-order valence-corrected chi connectivity index (χ2v) is 12.1. The Labute approximate surface area is 327 Å². The molecular weight excluding hydrogens is 1020 g/mol. The molecule has 378 valence electrons. The molecule has 0 radical (unpaired) electrons.